The molecule has 1 N–H and O–H groups in total. The van der Waals surface area contributed by atoms with Gasteiger partial charge in [-0.25, -0.2) is 8.93 Å². The van der Waals surface area contributed by atoms with Crippen LogP contribution in [0.2, 0.25) is 5.02 Å². The Kier molecular flexibility index (Phi) is 10.0. The van der Waals surface area contributed by atoms with Crippen LogP contribution in [0.25, 0.3) is 0 Å². The molecule has 4 aliphatic rings. The molecule has 50 heavy (non-hydrogen) atoms. The lowest BCUT2D eigenvalue weighted by Crippen LogP contribution is -2.49. The fourth-order valence-electron chi connectivity index (χ4n) is 8.39. The number of nitrogens with zero attached hydrogens (tertiary/aromatic N) is 4. The average molecular weight is 722 g/mol. The molecule has 1 amide bonds. The zero-order valence-electron chi connectivity index (χ0n) is 29.4. The van der Waals surface area contributed by atoms with Crippen molar-refractivity contribution in [3.8, 4) is 11.6 Å². The standard InChI is InChI=1S/C38H48ClN5O5S/c1-25-7-5-9-34(47-3)31-13-10-28(31)21-44-23-38(16-6-8-26-17-30(39)12-14-32(26)38)24-49-35-15-11-27(18-33(35)44)36(45)42-50(46,22-25)40-19-29-20-43(2)41-37(29)48-4/h5,9,11-12,14-15,17-18,20,25,28,31,34H,6-8,10,13,16,19,21-24H2,1-4H3,(H,40,42,45,46)/b9-5+/t25-,28-,31+,34-,38-,50+/m0/s1. The molecule has 0 radical (unpaired) electrons. The summed E-state index contributed by atoms with van der Waals surface area (Å²) in [7, 11) is 1.95. The van der Waals surface area contributed by atoms with Crippen LogP contribution in [0.5, 0.6) is 11.6 Å². The first-order valence-electron chi connectivity index (χ1n) is 17.7. The van der Waals surface area contributed by atoms with E-state index < -0.39 is 15.8 Å². The number of anilines is 1. The normalized spacial score (nSPS) is 30.3. The van der Waals surface area contributed by atoms with Gasteiger partial charge in [0.15, 0.2) is 0 Å². The van der Waals surface area contributed by atoms with Crippen molar-refractivity contribution in [2.45, 2.75) is 63.5 Å². The number of ether oxygens (including phenoxy) is 3. The van der Waals surface area contributed by atoms with Crippen molar-refractivity contribution < 1.29 is 23.2 Å². The summed E-state index contributed by atoms with van der Waals surface area (Å²) in [4.78, 5) is 16.5. The second-order valence-corrected chi connectivity index (χ2v) is 17.1. The van der Waals surface area contributed by atoms with E-state index in [-0.39, 0.29) is 29.7 Å². The van der Waals surface area contributed by atoms with Gasteiger partial charge in [-0.1, -0.05) is 36.7 Å². The van der Waals surface area contributed by atoms with E-state index in [0.29, 0.717) is 36.3 Å². The smallest absolute Gasteiger partial charge is 0.286 e. The summed E-state index contributed by atoms with van der Waals surface area (Å²) in [5, 5.41) is 5.07. The molecule has 10 nitrogen and oxygen atoms in total. The minimum absolute atomic E-state index is 0.0124. The van der Waals surface area contributed by atoms with E-state index in [1.807, 2.05) is 31.3 Å². The molecule has 3 heterocycles. The quantitative estimate of drug-likeness (QED) is 0.300. The van der Waals surface area contributed by atoms with Gasteiger partial charge in [0.1, 0.15) is 15.7 Å². The molecule has 1 aromatic heterocycles. The van der Waals surface area contributed by atoms with Gasteiger partial charge in [-0.2, -0.15) is 0 Å². The third-order valence-electron chi connectivity index (χ3n) is 11.1. The van der Waals surface area contributed by atoms with Crippen molar-refractivity contribution in [3.05, 3.63) is 82.0 Å². The summed E-state index contributed by atoms with van der Waals surface area (Å²) in [6.45, 7) is 4.33. The number of halogens is 1. The number of benzene rings is 2. The summed E-state index contributed by atoms with van der Waals surface area (Å²) < 4.78 is 42.0. The molecule has 1 saturated carbocycles. The zero-order chi connectivity index (χ0) is 35.0. The van der Waals surface area contributed by atoms with Gasteiger partial charge in [0.05, 0.1) is 25.5 Å². The lowest BCUT2D eigenvalue weighted by molar-refractivity contribution is 0.0131. The topological polar surface area (TPSA) is 107 Å². The first-order valence-corrected chi connectivity index (χ1v) is 19.8. The van der Waals surface area contributed by atoms with Crippen LogP contribution in [0.15, 0.2) is 59.1 Å². The molecule has 12 heteroatoms. The number of rotatable bonds is 5. The third kappa shape index (κ3) is 7.07. The summed E-state index contributed by atoms with van der Waals surface area (Å²) in [6, 6.07) is 11.8. The van der Waals surface area contributed by atoms with Gasteiger partial charge < -0.3 is 19.1 Å². The Morgan fingerprint density at radius 1 is 1.18 bits per heavy atom. The summed E-state index contributed by atoms with van der Waals surface area (Å²) >= 11 is 6.46. The van der Waals surface area contributed by atoms with Crippen LogP contribution in [-0.4, -0.2) is 65.7 Å². The first kappa shape index (κ1) is 35.0. The monoisotopic (exact) mass is 721 g/mol. The molecule has 268 valence electrons. The van der Waals surface area contributed by atoms with Crippen LogP contribution in [0.4, 0.5) is 5.69 Å². The predicted octanol–water partition coefficient (Wildman–Crippen LogP) is 6.51. The number of carbonyl (C=O) groups excluding carboxylic acids is 1. The second-order valence-electron chi connectivity index (χ2n) is 14.6. The minimum atomic E-state index is -3.19. The van der Waals surface area contributed by atoms with Gasteiger partial charge in [0.2, 0.25) is 5.88 Å². The lowest BCUT2D eigenvalue weighted by atomic mass is 9.68. The van der Waals surface area contributed by atoms with Crippen molar-refractivity contribution in [3.63, 3.8) is 0 Å². The van der Waals surface area contributed by atoms with Crippen LogP contribution < -0.4 is 19.1 Å². The number of allylic oxidation sites excluding steroid dienone is 1. The highest BCUT2D eigenvalue weighted by atomic mass is 35.5. The van der Waals surface area contributed by atoms with Crippen LogP contribution in [0.1, 0.15) is 66.1 Å². The number of carbonyl (C=O) groups is 1. The Hall–Kier alpha value is -3.38. The van der Waals surface area contributed by atoms with Crippen LogP contribution >= 0.6 is 11.6 Å². The number of nitrogens with one attached hydrogen (secondary N) is 1. The Morgan fingerprint density at radius 2 is 2.04 bits per heavy atom. The molecule has 6 atom stereocenters. The Labute approximate surface area is 300 Å². The molecule has 2 aliphatic carbocycles. The van der Waals surface area contributed by atoms with E-state index in [2.05, 4.69) is 43.4 Å². The molecule has 0 saturated heterocycles. The number of aromatic nitrogens is 2. The van der Waals surface area contributed by atoms with E-state index in [1.54, 1.807) is 32.0 Å². The zero-order valence-corrected chi connectivity index (χ0v) is 31.0. The SMILES string of the molecule is COc1nn(C)cc1CN[S@@]1(=O)=NC(=O)c2ccc3c(c2)N(C[C@@H]2CC[C@H]2[C@@H](OC)/C=C/C[C@H](C)C1)C[C@@]1(CCCc2cc(Cl)ccc21)CO3. The van der Waals surface area contributed by atoms with Gasteiger partial charge >= 0.3 is 0 Å². The summed E-state index contributed by atoms with van der Waals surface area (Å²) in [5.74, 6) is 1.64. The number of aryl methyl sites for hydroxylation is 2. The van der Waals surface area contributed by atoms with Crippen molar-refractivity contribution in [2.75, 3.05) is 44.6 Å². The molecule has 2 aromatic carbocycles. The van der Waals surface area contributed by atoms with Crippen LogP contribution in [-0.2, 0) is 40.1 Å². The number of hydrogen-bond acceptors (Lipinski definition) is 7. The first-order chi connectivity index (χ1) is 24.1. The van der Waals surface area contributed by atoms with Gasteiger partial charge in [-0.05, 0) is 97.7 Å². The van der Waals surface area contributed by atoms with Gasteiger partial charge in [0.25, 0.3) is 5.91 Å². The highest BCUT2D eigenvalue weighted by Crippen LogP contribution is 2.47. The second kappa shape index (κ2) is 14.3. The highest BCUT2D eigenvalue weighted by Gasteiger charge is 2.44. The Balaban J connectivity index is 1.29. The van der Waals surface area contributed by atoms with Crippen LogP contribution in [0, 0.1) is 17.8 Å². The average Bonchev–Trinajstić information content (AvgIpc) is 3.38. The Morgan fingerprint density at radius 3 is 2.82 bits per heavy atom. The molecular weight excluding hydrogens is 674 g/mol. The molecule has 0 unspecified atom stereocenters. The molecular formula is C38H48ClN5O5S. The van der Waals surface area contributed by atoms with Crippen molar-refractivity contribution >= 4 is 33.1 Å². The molecule has 2 bridgehead atoms. The van der Waals surface area contributed by atoms with E-state index in [0.717, 1.165) is 67.2 Å². The number of methoxy groups -OCH3 is 2. The van der Waals surface area contributed by atoms with Crippen molar-refractivity contribution in [1.82, 2.24) is 14.5 Å². The third-order valence-corrected chi connectivity index (χ3v) is 13.4. The molecule has 1 spiro atoms. The number of fused-ring (bicyclic) bond motifs is 4. The molecule has 1 fully saturated rings. The van der Waals surface area contributed by atoms with Gasteiger partial charge in [0, 0.05) is 67.3 Å². The molecule has 7 rings (SSSR count). The highest BCUT2D eigenvalue weighted by molar-refractivity contribution is 7.92. The maximum atomic E-state index is 14.6. The fourth-order valence-corrected chi connectivity index (χ4v) is 10.5. The Bertz CT molecular complexity index is 1900. The van der Waals surface area contributed by atoms with E-state index in [4.69, 9.17) is 25.8 Å². The maximum absolute atomic E-state index is 14.6. The largest absolute Gasteiger partial charge is 0.490 e. The summed E-state index contributed by atoms with van der Waals surface area (Å²) in [5.41, 5.74) is 4.35. The van der Waals surface area contributed by atoms with Crippen molar-refractivity contribution in [2.24, 2.45) is 29.2 Å². The maximum Gasteiger partial charge on any atom is 0.286 e. The fraction of sp³-hybridized carbons (Fsp3) is 0.526. The van der Waals surface area contributed by atoms with Crippen LogP contribution in [0.3, 0.4) is 0 Å². The van der Waals surface area contributed by atoms with E-state index in [9.17, 15) is 9.00 Å². The number of hydrogen-bond donors (Lipinski definition) is 1. The number of amides is 1. The molecule has 3 aromatic rings. The molecule has 2 aliphatic heterocycles. The minimum Gasteiger partial charge on any atom is -0.490 e. The van der Waals surface area contributed by atoms with Gasteiger partial charge in [-0.3, -0.25) is 9.48 Å². The van der Waals surface area contributed by atoms with Crippen molar-refractivity contribution in [1.29, 1.82) is 0 Å². The lowest BCUT2D eigenvalue weighted by Gasteiger charge is -2.46. The summed E-state index contributed by atoms with van der Waals surface area (Å²) in [6.07, 6.45) is 12.1. The van der Waals surface area contributed by atoms with Gasteiger partial charge in [-0.15, -0.1) is 9.46 Å². The van der Waals surface area contributed by atoms with E-state index >= 15 is 0 Å². The predicted molar refractivity (Wildman–Crippen MR) is 197 cm³/mol. The van der Waals surface area contributed by atoms with E-state index in [1.165, 1.54) is 11.1 Å².